The van der Waals surface area contributed by atoms with Gasteiger partial charge in [0.05, 0.1) is 27.1 Å². The third-order valence-electron chi connectivity index (χ3n) is 3.80. The van der Waals surface area contributed by atoms with Crippen LogP contribution in [0, 0.1) is 10.1 Å². The number of anilines is 1. The molecule has 0 unspecified atom stereocenters. The first-order valence-electron chi connectivity index (χ1n) is 7.87. The normalized spacial score (nSPS) is 13.9. The van der Waals surface area contributed by atoms with E-state index in [4.69, 9.17) is 11.6 Å². The largest absolute Gasteiger partial charge is 0.323 e. The van der Waals surface area contributed by atoms with Crippen molar-refractivity contribution in [1.82, 2.24) is 4.90 Å². The molecule has 0 fully saturated rings. The fourth-order valence-electron chi connectivity index (χ4n) is 2.53. The average molecular weight is 404 g/mol. The Balaban J connectivity index is 1.76. The zero-order valence-corrected chi connectivity index (χ0v) is 15.5. The molecule has 2 aromatic carbocycles. The molecule has 0 spiro atoms. The third kappa shape index (κ3) is 4.47. The number of carbonyl (C=O) groups is 2. The number of hydrogen-bond acceptors (Lipinski definition) is 5. The molecular formula is C18H14ClN3O4S. The molecular weight excluding hydrogens is 390 g/mol. The number of amides is 2. The maximum Gasteiger partial charge on any atom is 0.271 e. The van der Waals surface area contributed by atoms with Gasteiger partial charge in [-0.2, -0.15) is 0 Å². The van der Waals surface area contributed by atoms with Gasteiger partial charge in [-0.05, 0) is 17.0 Å². The zero-order chi connectivity index (χ0) is 19.4. The first-order chi connectivity index (χ1) is 13.0. The van der Waals surface area contributed by atoms with E-state index in [0.717, 1.165) is 11.6 Å². The van der Waals surface area contributed by atoms with Gasteiger partial charge in [0.1, 0.15) is 6.54 Å². The van der Waals surface area contributed by atoms with E-state index in [0.29, 0.717) is 5.70 Å². The van der Waals surface area contributed by atoms with Crippen LogP contribution in [0.5, 0.6) is 0 Å². The highest BCUT2D eigenvalue weighted by Gasteiger charge is 2.25. The van der Waals surface area contributed by atoms with Crippen molar-refractivity contribution in [2.24, 2.45) is 0 Å². The van der Waals surface area contributed by atoms with Gasteiger partial charge in [0, 0.05) is 12.1 Å². The van der Waals surface area contributed by atoms with Crippen molar-refractivity contribution in [2.75, 3.05) is 17.6 Å². The SMILES string of the molecule is O=C(CN1C(=O)CSC=C1c1ccccc1)Nc1ccc([N+](=O)[O-])cc1Cl. The van der Waals surface area contributed by atoms with Crippen LogP contribution < -0.4 is 5.32 Å². The Bertz CT molecular complexity index is 933. The molecule has 2 amide bonds. The molecule has 1 aliphatic rings. The summed E-state index contributed by atoms with van der Waals surface area (Å²) in [6.07, 6.45) is 0. The van der Waals surface area contributed by atoms with Crippen LogP contribution in [-0.4, -0.2) is 33.9 Å². The quantitative estimate of drug-likeness (QED) is 0.606. The summed E-state index contributed by atoms with van der Waals surface area (Å²) in [4.78, 5) is 36.4. The fraction of sp³-hybridized carbons (Fsp3) is 0.111. The van der Waals surface area contributed by atoms with Gasteiger partial charge in [-0.1, -0.05) is 41.9 Å². The van der Waals surface area contributed by atoms with Crippen LogP contribution in [0.3, 0.4) is 0 Å². The minimum atomic E-state index is -0.571. The highest BCUT2D eigenvalue weighted by Crippen LogP contribution is 2.29. The predicted molar refractivity (Wildman–Crippen MR) is 105 cm³/mol. The van der Waals surface area contributed by atoms with E-state index in [9.17, 15) is 19.7 Å². The predicted octanol–water partition coefficient (Wildman–Crippen LogP) is 3.76. The summed E-state index contributed by atoms with van der Waals surface area (Å²) in [6, 6.07) is 13.1. The Labute approximate surface area is 164 Å². The standard InChI is InChI=1S/C18H14ClN3O4S/c19-14-8-13(22(25)26)6-7-15(14)20-17(23)9-21-16(10-27-11-18(21)24)12-4-2-1-3-5-12/h1-8,10H,9,11H2,(H,20,23). The van der Waals surface area contributed by atoms with Gasteiger partial charge in [-0.15, -0.1) is 11.8 Å². The topological polar surface area (TPSA) is 92.6 Å². The van der Waals surface area contributed by atoms with E-state index in [-0.39, 0.29) is 34.6 Å². The number of benzene rings is 2. The van der Waals surface area contributed by atoms with Crippen LogP contribution >= 0.6 is 23.4 Å². The van der Waals surface area contributed by atoms with Gasteiger partial charge in [0.2, 0.25) is 11.8 Å². The Kier molecular flexibility index (Phi) is 5.78. The molecule has 1 aliphatic heterocycles. The molecule has 0 saturated carbocycles. The number of nitrogens with zero attached hydrogens (tertiary/aromatic N) is 2. The molecule has 0 saturated heterocycles. The molecule has 0 aliphatic carbocycles. The van der Waals surface area contributed by atoms with Gasteiger partial charge < -0.3 is 10.2 Å². The summed E-state index contributed by atoms with van der Waals surface area (Å²) >= 11 is 7.38. The minimum Gasteiger partial charge on any atom is -0.323 e. The van der Waals surface area contributed by atoms with E-state index >= 15 is 0 Å². The van der Waals surface area contributed by atoms with Crippen LogP contribution in [0.1, 0.15) is 5.56 Å². The van der Waals surface area contributed by atoms with E-state index < -0.39 is 10.8 Å². The van der Waals surface area contributed by atoms with Crippen LogP contribution in [0.25, 0.3) is 5.70 Å². The van der Waals surface area contributed by atoms with Gasteiger partial charge in [0.15, 0.2) is 0 Å². The Hall–Kier alpha value is -2.84. The van der Waals surface area contributed by atoms with E-state index in [1.807, 2.05) is 35.7 Å². The number of nitro benzene ring substituents is 1. The maximum atomic E-state index is 12.4. The highest BCUT2D eigenvalue weighted by atomic mass is 35.5. The van der Waals surface area contributed by atoms with Gasteiger partial charge in [-0.25, -0.2) is 0 Å². The summed E-state index contributed by atoms with van der Waals surface area (Å²) in [6.45, 7) is -0.187. The molecule has 0 aromatic heterocycles. The van der Waals surface area contributed by atoms with Gasteiger partial charge >= 0.3 is 0 Å². The van der Waals surface area contributed by atoms with Crippen molar-refractivity contribution >= 4 is 52.2 Å². The Morgan fingerprint density at radius 3 is 2.67 bits per heavy atom. The number of halogens is 1. The molecule has 0 bridgehead atoms. The van der Waals surface area contributed by atoms with Crippen molar-refractivity contribution in [1.29, 1.82) is 0 Å². The first kappa shape index (κ1) is 18.9. The van der Waals surface area contributed by atoms with E-state index in [1.165, 1.54) is 28.8 Å². The lowest BCUT2D eigenvalue weighted by atomic mass is 10.1. The van der Waals surface area contributed by atoms with Crippen LogP contribution in [0.2, 0.25) is 5.02 Å². The number of nitro groups is 1. The highest BCUT2D eigenvalue weighted by molar-refractivity contribution is 8.03. The summed E-state index contributed by atoms with van der Waals surface area (Å²) in [5.41, 5.74) is 1.56. The van der Waals surface area contributed by atoms with Crippen molar-refractivity contribution in [2.45, 2.75) is 0 Å². The minimum absolute atomic E-state index is 0.0527. The number of non-ortho nitro benzene ring substituents is 1. The van der Waals surface area contributed by atoms with Gasteiger partial charge in [-0.3, -0.25) is 19.7 Å². The monoisotopic (exact) mass is 403 g/mol. The molecule has 3 rings (SSSR count). The Morgan fingerprint density at radius 2 is 2.00 bits per heavy atom. The van der Waals surface area contributed by atoms with Crippen molar-refractivity contribution < 1.29 is 14.5 Å². The van der Waals surface area contributed by atoms with Crippen molar-refractivity contribution in [3.63, 3.8) is 0 Å². The lowest BCUT2D eigenvalue weighted by Gasteiger charge is -2.28. The van der Waals surface area contributed by atoms with Gasteiger partial charge in [0.25, 0.3) is 5.69 Å². The number of hydrogen-bond donors (Lipinski definition) is 1. The smallest absolute Gasteiger partial charge is 0.271 e. The molecule has 1 N–H and O–H groups in total. The molecule has 0 atom stereocenters. The maximum absolute atomic E-state index is 12.4. The van der Waals surface area contributed by atoms with E-state index in [1.54, 1.807) is 0 Å². The summed E-state index contributed by atoms with van der Waals surface area (Å²) in [5, 5.41) is 15.3. The molecule has 7 nitrogen and oxygen atoms in total. The second-order valence-corrected chi connectivity index (χ2v) is 6.89. The second kappa shape index (κ2) is 8.24. The molecule has 1 heterocycles. The molecule has 0 radical (unpaired) electrons. The van der Waals surface area contributed by atoms with Crippen LogP contribution in [0.4, 0.5) is 11.4 Å². The Morgan fingerprint density at radius 1 is 1.26 bits per heavy atom. The molecule has 2 aromatic rings. The lowest BCUT2D eigenvalue weighted by molar-refractivity contribution is -0.384. The van der Waals surface area contributed by atoms with E-state index in [2.05, 4.69) is 5.32 Å². The van der Waals surface area contributed by atoms with Crippen LogP contribution in [-0.2, 0) is 9.59 Å². The molecule has 138 valence electrons. The third-order valence-corrected chi connectivity index (χ3v) is 4.92. The summed E-state index contributed by atoms with van der Waals surface area (Å²) in [5.74, 6) is -0.374. The zero-order valence-electron chi connectivity index (χ0n) is 13.9. The first-order valence-corrected chi connectivity index (χ1v) is 9.30. The average Bonchev–Trinajstić information content (AvgIpc) is 2.65. The van der Waals surface area contributed by atoms with Crippen LogP contribution in [0.15, 0.2) is 53.9 Å². The number of nitrogens with one attached hydrogen (secondary N) is 1. The van der Waals surface area contributed by atoms with Crippen molar-refractivity contribution in [3.8, 4) is 0 Å². The number of rotatable bonds is 5. The number of thioether (sulfide) groups is 1. The molecule has 27 heavy (non-hydrogen) atoms. The summed E-state index contributed by atoms with van der Waals surface area (Å²) < 4.78 is 0. The number of carbonyl (C=O) groups excluding carboxylic acids is 2. The molecule has 9 heteroatoms. The summed E-state index contributed by atoms with van der Waals surface area (Å²) in [7, 11) is 0. The second-order valence-electron chi connectivity index (χ2n) is 5.63. The van der Waals surface area contributed by atoms with Crippen molar-refractivity contribution in [3.05, 3.63) is 74.6 Å². The fourth-order valence-corrected chi connectivity index (χ4v) is 3.55. The lowest BCUT2D eigenvalue weighted by Crippen LogP contribution is -2.39.